The first-order chi connectivity index (χ1) is 6.90. The Morgan fingerprint density at radius 1 is 1.57 bits per heavy atom. The van der Waals surface area contributed by atoms with Crippen LogP contribution in [0, 0.1) is 0 Å². The number of nitrogens with zero attached hydrogens (tertiary/aromatic N) is 3. The molecule has 0 amide bonds. The number of likely N-dealkylation sites (N-methyl/N-ethyl adjacent to an activating group) is 1. The molecule has 0 radical (unpaired) electrons. The monoisotopic (exact) mass is 210 g/mol. The third kappa shape index (κ3) is 1.97. The van der Waals surface area contributed by atoms with Gasteiger partial charge >= 0.3 is 0 Å². The van der Waals surface area contributed by atoms with Gasteiger partial charge in [0.05, 0.1) is 10.4 Å². The minimum Gasteiger partial charge on any atom is -0.339 e. The number of nitrogens with one attached hydrogen (secondary N) is 1. The van der Waals surface area contributed by atoms with E-state index in [0.29, 0.717) is 11.7 Å². The molecule has 2 heterocycles. The molecule has 0 fully saturated rings. The number of aromatic nitrogens is 3. The van der Waals surface area contributed by atoms with Crippen LogP contribution in [0.4, 0.5) is 0 Å². The molecule has 2 aromatic rings. The number of hydrogen-bond acceptors (Lipinski definition) is 6. The summed E-state index contributed by atoms with van der Waals surface area (Å²) in [5.41, 5.74) is 1.75. The lowest BCUT2D eigenvalue weighted by Gasteiger charge is -1.90. The Kier molecular flexibility index (Phi) is 2.85. The van der Waals surface area contributed by atoms with E-state index in [1.807, 2.05) is 7.05 Å². The molecule has 0 atom stereocenters. The smallest absolute Gasteiger partial charge is 0.228 e. The van der Waals surface area contributed by atoms with Gasteiger partial charge in [-0.3, -0.25) is 4.98 Å². The van der Waals surface area contributed by atoms with Gasteiger partial charge in [-0.1, -0.05) is 5.16 Å². The molecule has 0 aliphatic carbocycles. The third-order valence-corrected chi connectivity index (χ3v) is 2.48. The zero-order valence-corrected chi connectivity index (χ0v) is 8.54. The van der Waals surface area contributed by atoms with Gasteiger partial charge < -0.3 is 9.84 Å². The maximum absolute atomic E-state index is 5.07. The van der Waals surface area contributed by atoms with Crippen molar-refractivity contribution >= 4 is 11.3 Å². The lowest BCUT2D eigenvalue weighted by atomic mass is 10.4. The molecule has 0 aliphatic heterocycles. The highest BCUT2D eigenvalue weighted by Gasteiger charge is 2.08. The van der Waals surface area contributed by atoms with E-state index in [2.05, 4.69) is 20.4 Å². The first kappa shape index (κ1) is 9.29. The molecule has 6 heteroatoms. The van der Waals surface area contributed by atoms with E-state index < -0.39 is 0 Å². The highest BCUT2D eigenvalue weighted by atomic mass is 32.1. The molecule has 0 bridgehead atoms. The van der Waals surface area contributed by atoms with E-state index in [-0.39, 0.29) is 0 Å². The van der Waals surface area contributed by atoms with Crippen molar-refractivity contribution in [1.29, 1.82) is 0 Å². The first-order valence-corrected chi connectivity index (χ1v) is 5.14. The van der Waals surface area contributed by atoms with Gasteiger partial charge in [0, 0.05) is 19.2 Å². The maximum Gasteiger partial charge on any atom is 0.228 e. The summed E-state index contributed by atoms with van der Waals surface area (Å²) < 4.78 is 5.07. The molecule has 5 nitrogen and oxygen atoms in total. The fourth-order valence-corrected chi connectivity index (χ4v) is 1.56. The Hall–Kier alpha value is -1.27. The summed E-state index contributed by atoms with van der Waals surface area (Å²) in [5.74, 6) is 1.28. The average Bonchev–Trinajstić information content (AvgIpc) is 2.85. The van der Waals surface area contributed by atoms with Crippen molar-refractivity contribution in [2.75, 3.05) is 13.6 Å². The van der Waals surface area contributed by atoms with E-state index in [9.17, 15) is 0 Å². The molecular weight excluding hydrogens is 200 g/mol. The van der Waals surface area contributed by atoms with E-state index in [4.69, 9.17) is 4.52 Å². The summed E-state index contributed by atoms with van der Waals surface area (Å²) in [6, 6.07) is 0. The van der Waals surface area contributed by atoms with Gasteiger partial charge in [-0.25, -0.2) is 0 Å². The summed E-state index contributed by atoms with van der Waals surface area (Å²) in [5, 5.41) is 6.89. The summed E-state index contributed by atoms with van der Waals surface area (Å²) in [7, 11) is 1.89. The van der Waals surface area contributed by atoms with Gasteiger partial charge in [-0.15, -0.1) is 11.3 Å². The molecule has 1 N–H and O–H groups in total. The zero-order valence-electron chi connectivity index (χ0n) is 7.73. The van der Waals surface area contributed by atoms with Gasteiger partial charge in [0.2, 0.25) is 11.7 Å². The van der Waals surface area contributed by atoms with Gasteiger partial charge in [-0.2, -0.15) is 4.98 Å². The fraction of sp³-hybridized carbons (Fsp3) is 0.375. The van der Waals surface area contributed by atoms with Crippen LogP contribution in [0.25, 0.3) is 10.7 Å². The van der Waals surface area contributed by atoms with Crippen LogP contribution in [0.3, 0.4) is 0 Å². The van der Waals surface area contributed by atoms with E-state index >= 15 is 0 Å². The van der Waals surface area contributed by atoms with Crippen molar-refractivity contribution in [3.05, 3.63) is 17.6 Å². The van der Waals surface area contributed by atoms with Gasteiger partial charge in [0.15, 0.2) is 0 Å². The number of thiazole rings is 1. The van der Waals surface area contributed by atoms with Gasteiger partial charge in [0.25, 0.3) is 0 Å². The maximum atomic E-state index is 5.07. The Morgan fingerprint density at radius 3 is 3.21 bits per heavy atom. The summed E-state index contributed by atoms with van der Waals surface area (Å²) in [6.07, 6.45) is 2.49. The topological polar surface area (TPSA) is 63.8 Å². The molecule has 0 spiro atoms. The Balaban J connectivity index is 2.10. The van der Waals surface area contributed by atoms with Crippen molar-refractivity contribution in [3.63, 3.8) is 0 Å². The normalized spacial score (nSPS) is 10.6. The van der Waals surface area contributed by atoms with Crippen molar-refractivity contribution in [2.24, 2.45) is 0 Å². The second kappa shape index (κ2) is 4.30. The predicted molar refractivity (Wildman–Crippen MR) is 53.0 cm³/mol. The van der Waals surface area contributed by atoms with Crippen LogP contribution in [0.15, 0.2) is 16.2 Å². The number of hydrogen-bond donors (Lipinski definition) is 1. The summed E-state index contributed by atoms with van der Waals surface area (Å²) in [4.78, 5) is 9.13. The molecular formula is C8H10N4OS. The van der Waals surface area contributed by atoms with Crippen molar-refractivity contribution < 1.29 is 4.52 Å². The summed E-state index contributed by atoms with van der Waals surface area (Å²) in [6.45, 7) is 0.838. The van der Waals surface area contributed by atoms with Crippen LogP contribution in [-0.4, -0.2) is 28.7 Å². The Labute approximate surface area is 85.2 Å². The van der Waals surface area contributed by atoms with Crippen molar-refractivity contribution in [3.8, 4) is 10.7 Å². The van der Waals surface area contributed by atoms with Crippen LogP contribution in [0.2, 0.25) is 0 Å². The SMILES string of the molecule is CNCCc1nc(-c2cncs2)no1. The largest absolute Gasteiger partial charge is 0.339 e. The highest BCUT2D eigenvalue weighted by Crippen LogP contribution is 2.19. The molecule has 74 valence electrons. The third-order valence-electron chi connectivity index (χ3n) is 1.71. The average molecular weight is 210 g/mol. The second-order valence-electron chi connectivity index (χ2n) is 2.73. The second-order valence-corrected chi connectivity index (χ2v) is 3.62. The van der Waals surface area contributed by atoms with Crippen molar-refractivity contribution in [1.82, 2.24) is 20.4 Å². The molecule has 2 aromatic heterocycles. The highest BCUT2D eigenvalue weighted by molar-refractivity contribution is 7.13. The quantitative estimate of drug-likeness (QED) is 0.814. The van der Waals surface area contributed by atoms with Crippen LogP contribution in [0.5, 0.6) is 0 Å². The molecule has 0 saturated carbocycles. The first-order valence-electron chi connectivity index (χ1n) is 4.26. The lowest BCUT2D eigenvalue weighted by molar-refractivity contribution is 0.378. The Morgan fingerprint density at radius 2 is 2.50 bits per heavy atom. The molecule has 0 aliphatic rings. The predicted octanol–water partition coefficient (Wildman–Crippen LogP) is 0.955. The Bertz CT molecular complexity index is 384. The molecule has 0 unspecified atom stereocenters. The summed E-state index contributed by atoms with van der Waals surface area (Å²) >= 11 is 1.50. The van der Waals surface area contributed by atoms with E-state index in [1.165, 1.54) is 11.3 Å². The minimum atomic E-state index is 0.624. The van der Waals surface area contributed by atoms with Crippen LogP contribution < -0.4 is 5.32 Å². The van der Waals surface area contributed by atoms with Crippen LogP contribution in [-0.2, 0) is 6.42 Å². The van der Waals surface area contributed by atoms with Gasteiger partial charge in [-0.05, 0) is 7.05 Å². The van der Waals surface area contributed by atoms with E-state index in [1.54, 1.807) is 11.7 Å². The number of rotatable bonds is 4. The van der Waals surface area contributed by atoms with Crippen LogP contribution in [0.1, 0.15) is 5.89 Å². The fourth-order valence-electron chi connectivity index (χ4n) is 1.01. The molecule has 0 saturated heterocycles. The molecule has 2 rings (SSSR count). The minimum absolute atomic E-state index is 0.624. The van der Waals surface area contributed by atoms with E-state index in [0.717, 1.165) is 17.8 Å². The van der Waals surface area contributed by atoms with Gasteiger partial charge in [0.1, 0.15) is 0 Å². The van der Waals surface area contributed by atoms with Crippen molar-refractivity contribution in [2.45, 2.75) is 6.42 Å². The zero-order chi connectivity index (χ0) is 9.80. The lowest BCUT2D eigenvalue weighted by Crippen LogP contribution is -2.10. The molecule has 0 aromatic carbocycles. The molecule has 14 heavy (non-hydrogen) atoms. The standard InChI is InChI=1S/C8H10N4OS/c1-9-3-2-7-11-8(12-13-7)6-4-10-5-14-6/h4-5,9H,2-3H2,1H3. The van der Waals surface area contributed by atoms with Crippen LogP contribution >= 0.6 is 11.3 Å².